The van der Waals surface area contributed by atoms with Crippen LogP contribution < -0.4 is 5.73 Å². The van der Waals surface area contributed by atoms with Crippen molar-refractivity contribution in [2.75, 3.05) is 18.8 Å². The molecule has 8 heteroatoms. The second-order valence-electron chi connectivity index (χ2n) is 9.06. The van der Waals surface area contributed by atoms with Crippen molar-refractivity contribution in [3.63, 3.8) is 0 Å². The van der Waals surface area contributed by atoms with Gasteiger partial charge < -0.3 is 20.1 Å². The first-order valence-electron chi connectivity index (χ1n) is 10.7. The molecule has 0 aliphatic carbocycles. The first-order valence-corrected chi connectivity index (χ1v) is 10.7. The minimum absolute atomic E-state index is 0.000947. The molecule has 0 spiro atoms. The average molecular weight is 438 g/mol. The van der Waals surface area contributed by atoms with Gasteiger partial charge in [0.15, 0.2) is 5.90 Å². The van der Waals surface area contributed by atoms with Crippen molar-refractivity contribution in [3.05, 3.63) is 47.7 Å². The standard InChI is InChI=1S/C24H31N5O3/c1-15-5-7-16(8-6-15)18-13-19(20(25)28-14-18)22(27)31-21(26)17-9-11-29(12-10-17)23(30)32-24(2,3)4/h5-8,13-14,17,26-27H,9-12H2,1-4H3,(H2,25,28). The van der Waals surface area contributed by atoms with E-state index in [1.165, 1.54) is 0 Å². The number of hydrogen-bond acceptors (Lipinski definition) is 7. The molecule has 0 bridgehead atoms. The number of nitrogens with two attached hydrogens (primary N) is 1. The molecule has 1 fully saturated rings. The number of aromatic nitrogens is 1. The van der Waals surface area contributed by atoms with Gasteiger partial charge in [-0.05, 0) is 52.2 Å². The number of ether oxygens (including phenoxy) is 2. The number of likely N-dealkylation sites (tertiary alicyclic amines) is 1. The summed E-state index contributed by atoms with van der Waals surface area (Å²) in [5.41, 5.74) is 8.72. The average Bonchev–Trinajstić information content (AvgIpc) is 2.73. The Morgan fingerprint density at radius 2 is 1.75 bits per heavy atom. The van der Waals surface area contributed by atoms with Gasteiger partial charge in [-0.3, -0.25) is 10.8 Å². The molecule has 0 atom stereocenters. The molecule has 0 saturated carbocycles. The van der Waals surface area contributed by atoms with Gasteiger partial charge in [-0.15, -0.1) is 0 Å². The summed E-state index contributed by atoms with van der Waals surface area (Å²) in [4.78, 5) is 18.1. The smallest absolute Gasteiger partial charge is 0.410 e. The van der Waals surface area contributed by atoms with Crippen LogP contribution in [0.2, 0.25) is 0 Å². The van der Waals surface area contributed by atoms with Gasteiger partial charge in [0.2, 0.25) is 5.90 Å². The number of nitrogens with one attached hydrogen (secondary N) is 2. The van der Waals surface area contributed by atoms with E-state index in [0.29, 0.717) is 31.5 Å². The number of rotatable bonds is 3. The van der Waals surface area contributed by atoms with Crippen LogP contribution in [-0.2, 0) is 9.47 Å². The number of amides is 1. The number of benzene rings is 1. The number of nitrogen functional groups attached to an aromatic ring is 1. The Kier molecular flexibility index (Phi) is 6.81. The van der Waals surface area contributed by atoms with E-state index in [9.17, 15) is 4.79 Å². The van der Waals surface area contributed by atoms with E-state index in [1.54, 1.807) is 17.2 Å². The fourth-order valence-electron chi connectivity index (χ4n) is 3.46. The van der Waals surface area contributed by atoms with E-state index >= 15 is 0 Å². The van der Waals surface area contributed by atoms with Crippen molar-refractivity contribution in [1.82, 2.24) is 9.88 Å². The normalized spacial score (nSPS) is 14.7. The van der Waals surface area contributed by atoms with Gasteiger partial charge in [0.05, 0.1) is 5.56 Å². The minimum Gasteiger partial charge on any atom is -0.444 e. The first-order chi connectivity index (χ1) is 15.0. The van der Waals surface area contributed by atoms with Crippen LogP contribution in [0, 0.1) is 23.7 Å². The van der Waals surface area contributed by atoms with Gasteiger partial charge in [-0.2, -0.15) is 0 Å². The monoisotopic (exact) mass is 437 g/mol. The van der Waals surface area contributed by atoms with Crippen LogP contribution >= 0.6 is 0 Å². The molecule has 1 saturated heterocycles. The lowest BCUT2D eigenvalue weighted by Gasteiger charge is -2.33. The predicted molar refractivity (Wildman–Crippen MR) is 125 cm³/mol. The molecule has 170 valence electrons. The second kappa shape index (κ2) is 9.38. The van der Waals surface area contributed by atoms with Crippen molar-refractivity contribution in [2.45, 2.75) is 46.1 Å². The molecule has 3 rings (SSSR count). The molecule has 0 unspecified atom stereocenters. The maximum Gasteiger partial charge on any atom is 0.410 e. The Labute approximate surface area is 188 Å². The lowest BCUT2D eigenvalue weighted by molar-refractivity contribution is 0.0198. The van der Waals surface area contributed by atoms with E-state index in [0.717, 1.165) is 16.7 Å². The molecule has 1 amide bonds. The topological polar surface area (TPSA) is 125 Å². The van der Waals surface area contributed by atoms with Crippen LogP contribution in [0.3, 0.4) is 0 Å². The molecule has 32 heavy (non-hydrogen) atoms. The molecule has 2 heterocycles. The summed E-state index contributed by atoms with van der Waals surface area (Å²) in [6.07, 6.45) is 2.46. The number of anilines is 1. The van der Waals surface area contributed by atoms with E-state index in [-0.39, 0.29) is 29.6 Å². The molecule has 4 N–H and O–H groups in total. The molecule has 1 aromatic carbocycles. The summed E-state index contributed by atoms with van der Waals surface area (Å²) < 4.78 is 11.0. The first kappa shape index (κ1) is 23.2. The number of carbonyl (C=O) groups is 1. The summed E-state index contributed by atoms with van der Waals surface area (Å²) in [5, 5.41) is 16.7. The van der Waals surface area contributed by atoms with Crippen molar-refractivity contribution in [2.24, 2.45) is 5.92 Å². The third-order valence-corrected chi connectivity index (χ3v) is 5.28. The second-order valence-corrected chi connectivity index (χ2v) is 9.06. The molecular formula is C24H31N5O3. The number of nitrogens with zero attached hydrogens (tertiary/aromatic N) is 2. The third kappa shape index (κ3) is 5.84. The lowest BCUT2D eigenvalue weighted by atomic mass is 9.97. The molecular weight excluding hydrogens is 406 g/mol. The zero-order valence-electron chi connectivity index (χ0n) is 19.1. The van der Waals surface area contributed by atoms with Gasteiger partial charge in [0.25, 0.3) is 0 Å². The van der Waals surface area contributed by atoms with Crippen molar-refractivity contribution in [3.8, 4) is 11.1 Å². The number of pyridine rings is 1. The molecule has 0 radical (unpaired) electrons. The van der Waals surface area contributed by atoms with Gasteiger partial charge in [0, 0.05) is 30.8 Å². The van der Waals surface area contributed by atoms with Gasteiger partial charge in [0.1, 0.15) is 11.4 Å². The Bertz CT molecular complexity index is 1000. The van der Waals surface area contributed by atoms with Gasteiger partial charge in [-0.1, -0.05) is 29.8 Å². The fraction of sp³-hybridized carbons (Fsp3) is 0.417. The number of carbonyl (C=O) groups excluding carboxylic acids is 1. The Morgan fingerprint density at radius 3 is 2.34 bits per heavy atom. The maximum atomic E-state index is 12.2. The van der Waals surface area contributed by atoms with E-state index < -0.39 is 5.60 Å². The predicted octanol–water partition coefficient (Wildman–Crippen LogP) is 4.61. The van der Waals surface area contributed by atoms with E-state index in [2.05, 4.69) is 4.98 Å². The van der Waals surface area contributed by atoms with E-state index in [4.69, 9.17) is 26.0 Å². The zero-order valence-corrected chi connectivity index (χ0v) is 19.1. The quantitative estimate of drug-likeness (QED) is 0.478. The van der Waals surface area contributed by atoms with Crippen LogP contribution in [0.15, 0.2) is 36.5 Å². The summed E-state index contributed by atoms with van der Waals surface area (Å²) in [6, 6.07) is 9.74. The number of hydrogen-bond donors (Lipinski definition) is 3. The summed E-state index contributed by atoms with van der Waals surface area (Å²) in [6.45, 7) is 8.48. The minimum atomic E-state index is -0.542. The molecule has 1 aliphatic rings. The Hall–Kier alpha value is -3.42. The molecule has 8 nitrogen and oxygen atoms in total. The largest absolute Gasteiger partial charge is 0.444 e. The Balaban J connectivity index is 1.61. The highest BCUT2D eigenvalue weighted by molar-refractivity contribution is 6.03. The highest BCUT2D eigenvalue weighted by atomic mass is 16.6. The van der Waals surface area contributed by atoms with Gasteiger partial charge in [-0.25, -0.2) is 9.78 Å². The van der Waals surface area contributed by atoms with Crippen LogP contribution in [0.5, 0.6) is 0 Å². The molecule has 2 aromatic rings. The SMILES string of the molecule is Cc1ccc(-c2cnc(N)c(C(=N)OC(=N)C3CCN(C(=O)OC(C)(C)C)CC3)c2)cc1. The molecule has 1 aromatic heterocycles. The Morgan fingerprint density at radius 1 is 1.12 bits per heavy atom. The summed E-state index contributed by atoms with van der Waals surface area (Å²) in [7, 11) is 0. The van der Waals surface area contributed by atoms with Crippen LogP contribution in [0.1, 0.15) is 44.7 Å². The third-order valence-electron chi connectivity index (χ3n) is 5.28. The highest BCUT2D eigenvalue weighted by Gasteiger charge is 2.30. The summed E-state index contributed by atoms with van der Waals surface area (Å²) in [5.74, 6) is -0.204. The van der Waals surface area contributed by atoms with Crippen LogP contribution in [-0.4, -0.2) is 46.5 Å². The van der Waals surface area contributed by atoms with Crippen molar-refractivity contribution >= 4 is 23.7 Å². The fourth-order valence-corrected chi connectivity index (χ4v) is 3.46. The van der Waals surface area contributed by atoms with E-state index in [1.807, 2.05) is 52.0 Å². The molecule has 1 aliphatic heterocycles. The van der Waals surface area contributed by atoms with Crippen molar-refractivity contribution < 1.29 is 14.3 Å². The van der Waals surface area contributed by atoms with Crippen LogP contribution in [0.25, 0.3) is 11.1 Å². The summed E-state index contributed by atoms with van der Waals surface area (Å²) >= 11 is 0. The maximum absolute atomic E-state index is 12.2. The van der Waals surface area contributed by atoms with Gasteiger partial charge >= 0.3 is 6.09 Å². The van der Waals surface area contributed by atoms with Crippen molar-refractivity contribution in [1.29, 1.82) is 10.8 Å². The zero-order chi connectivity index (χ0) is 23.5. The number of aryl methyl sites for hydroxylation is 1. The highest BCUT2D eigenvalue weighted by Crippen LogP contribution is 2.25. The van der Waals surface area contributed by atoms with Crippen LogP contribution in [0.4, 0.5) is 10.6 Å². The lowest BCUT2D eigenvalue weighted by Crippen LogP contribution is -2.43. The number of piperidine rings is 1.